The van der Waals surface area contributed by atoms with Crippen LogP contribution in [0.5, 0.6) is 11.5 Å². The molecule has 2 aromatic rings. The fourth-order valence-corrected chi connectivity index (χ4v) is 2.08. The molecule has 0 radical (unpaired) electrons. The van der Waals surface area contributed by atoms with Crippen molar-refractivity contribution < 1.29 is 9.47 Å². The molecule has 0 saturated heterocycles. The Bertz CT molecular complexity index is 555. The summed E-state index contributed by atoms with van der Waals surface area (Å²) in [4.78, 5) is 0. The summed E-state index contributed by atoms with van der Waals surface area (Å²) in [6, 6.07) is 16.1. The maximum absolute atomic E-state index is 5.80. The van der Waals surface area contributed by atoms with E-state index in [9.17, 15) is 0 Å². The van der Waals surface area contributed by atoms with Crippen LogP contribution in [-0.2, 0) is 6.42 Å². The average molecular weight is 238 g/mol. The van der Waals surface area contributed by atoms with Crippen LogP contribution in [0.2, 0.25) is 0 Å². The summed E-state index contributed by atoms with van der Waals surface area (Å²) in [5.74, 6) is 2.83. The largest absolute Gasteiger partial charge is 0.497 e. The summed E-state index contributed by atoms with van der Waals surface area (Å²) in [5, 5.41) is 0. The van der Waals surface area contributed by atoms with Gasteiger partial charge in [0.05, 0.1) is 7.11 Å². The first-order valence-electron chi connectivity index (χ1n) is 5.95. The van der Waals surface area contributed by atoms with Crippen molar-refractivity contribution in [2.75, 3.05) is 7.11 Å². The van der Waals surface area contributed by atoms with Gasteiger partial charge < -0.3 is 9.47 Å². The molecular weight excluding hydrogens is 224 g/mol. The van der Waals surface area contributed by atoms with Crippen molar-refractivity contribution in [1.82, 2.24) is 0 Å². The maximum Gasteiger partial charge on any atom is 0.130 e. The highest BCUT2D eigenvalue weighted by atomic mass is 16.5. The number of para-hydroxylation sites is 1. The lowest BCUT2D eigenvalue weighted by molar-refractivity contribution is 0.414. The van der Waals surface area contributed by atoms with E-state index in [4.69, 9.17) is 9.47 Å². The van der Waals surface area contributed by atoms with Gasteiger partial charge in [-0.3, -0.25) is 0 Å². The lowest BCUT2D eigenvalue weighted by atomic mass is 10.1. The lowest BCUT2D eigenvalue weighted by Crippen LogP contribution is -1.88. The van der Waals surface area contributed by atoms with E-state index in [1.807, 2.05) is 42.5 Å². The second kappa shape index (κ2) is 4.57. The molecule has 90 valence electrons. The van der Waals surface area contributed by atoms with E-state index < -0.39 is 0 Å². The van der Waals surface area contributed by atoms with Crippen LogP contribution in [0.3, 0.4) is 0 Å². The van der Waals surface area contributed by atoms with Crippen molar-refractivity contribution in [2.24, 2.45) is 0 Å². The van der Waals surface area contributed by atoms with Gasteiger partial charge in [-0.25, -0.2) is 0 Å². The molecule has 0 bridgehead atoms. The highest BCUT2D eigenvalue weighted by molar-refractivity contribution is 5.56. The van der Waals surface area contributed by atoms with E-state index in [0.717, 1.165) is 29.2 Å². The Hall–Kier alpha value is -2.22. The number of benzene rings is 2. The van der Waals surface area contributed by atoms with E-state index in [0.29, 0.717) is 0 Å². The summed E-state index contributed by atoms with van der Waals surface area (Å²) in [5.41, 5.74) is 2.37. The molecule has 2 aromatic carbocycles. The Morgan fingerprint density at radius 3 is 2.56 bits per heavy atom. The molecule has 18 heavy (non-hydrogen) atoms. The van der Waals surface area contributed by atoms with Gasteiger partial charge in [-0.2, -0.15) is 0 Å². The fraction of sp³-hybridized carbons (Fsp3) is 0.125. The van der Waals surface area contributed by atoms with E-state index >= 15 is 0 Å². The molecule has 2 nitrogen and oxygen atoms in total. The molecule has 1 aliphatic heterocycles. The number of hydrogen-bond acceptors (Lipinski definition) is 2. The lowest BCUT2D eigenvalue weighted by Gasteiger charge is -2.01. The highest BCUT2D eigenvalue weighted by Gasteiger charge is 2.15. The fourth-order valence-electron chi connectivity index (χ4n) is 2.08. The third-order valence-electron chi connectivity index (χ3n) is 3.02. The van der Waals surface area contributed by atoms with Gasteiger partial charge in [0, 0.05) is 12.0 Å². The van der Waals surface area contributed by atoms with Crippen molar-refractivity contribution in [3.63, 3.8) is 0 Å². The van der Waals surface area contributed by atoms with Gasteiger partial charge in [-0.1, -0.05) is 30.3 Å². The Morgan fingerprint density at radius 1 is 1.06 bits per heavy atom. The zero-order valence-electron chi connectivity index (χ0n) is 10.2. The van der Waals surface area contributed by atoms with Gasteiger partial charge in [0.25, 0.3) is 0 Å². The first-order chi connectivity index (χ1) is 8.85. The van der Waals surface area contributed by atoms with Gasteiger partial charge in [0.1, 0.15) is 17.3 Å². The third-order valence-corrected chi connectivity index (χ3v) is 3.02. The van der Waals surface area contributed by atoms with Crippen molar-refractivity contribution in [3.05, 3.63) is 65.4 Å². The van der Waals surface area contributed by atoms with Gasteiger partial charge in [0.15, 0.2) is 0 Å². The molecule has 0 unspecified atom stereocenters. The number of hydrogen-bond donors (Lipinski definition) is 0. The molecule has 0 spiro atoms. The quantitative estimate of drug-likeness (QED) is 0.794. The first kappa shape index (κ1) is 10.9. The van der Waals surface area contributed by atoms with E-state index in [1.54, 1.807) is 7.11 Å². The van der Waals surface area contributed by atoms with Crippen LogP contribution in [0, 0.1) is 0 Å². The minimum atomic E-state index is 0.863. The monoisotopic (exact) mass is 238 g/mol. The predicted molar refractivity (Wildman–Crippen MR) is 71.7 cm³/mol. The molecule has 0 fully saturated rings. The van der Waals surface area contributed by atoms with Crippen molar-refractivity contribution in [3.8, 4) is 11.5 Å². The summed E-state index contributed by atoms with van der Waals surface area (Å²) >= 11 is 0. The van der Waals surface area contributed by atoms with Gasteiger partial charge in [-0.05, 0) is 29.8 Å². The number of ether oxygens (including phenoxy) is 2. The van der Waals surface area contributed by atoms with Crippen molar-refractivity contribution >= 4 is 6.08 Å². The zero-order chi connectivity index (χ0) is 12.4. The molecule has 0 saturated carbocycles. The summed E-state index contributed by atoms with van der Waals surface area (Å²) in [7, 11) is 1.67. The molecule has 0 amide bonds. The molecular formula is C16H14O2. The average Bonchev–Trinajstić information content (AvgIpc) is 2.82. The van der Waals surface area contributed by atoms with Crippen LogP contribution in [0.1, 0.15) is 11.1 Å². The van der Waals surface area contributed by atoms with Crippen LogP contribution in [-0.4, -0.2) is 7.11 Å². The summed E-state index contributed by atoms with van der Waals surface area (Å²) < 4.78 is 10.9. The van der Waals surface area contributed by atoms with Crippen LogP contribution in [0.25, 0.3) is 6.08 Å². The molecule has 0 aromatic heterocycles. The Labute approximate surface area is 106 Å². The molecule has 0 N–H and O–H groups in total. The second-order valence-corrected chi connectivity index (χ2v) is 4.27. The van der Waals surface area contributed by atoms with Gasteiger partial charge in [-0.15, -0.1) is 0 Å². The zero-order valence-corrected chi connectivity index (χ0v) is 10.2. The van der Waals surface area contributed by atoms with E-state index in [2.05, 4.69) is 12.1 Å². The smallest absolute Gasteiger partial charge is 0.130 e. The predicted octanol–water partition coefficient (Wildman–Crippen LogP) is 3.67. The number of methoxy groups -OCH3 is 1. The molecule has 1 heterocycles. The van der Waals surface area contributed by atoms with Gasteiger partial charge in [0.2, 0.25) is 0 Å². The molecule has 2 heteroatoms. The highest BCUT2D eigenvalue weighted by Crippen LogP contribution is 2.31. The molecule has 0 atom stereocenters. The Balaban J connectivity index is 1.82. The molecule has 1 aliphatic rings. The van der Waals surface area contributed by atoms with E-state index in [-0.39, 0.29) is 0 Å². The van der Waals surface area contributed by atoms with Gasteiger partial charge >= 0.3 is 0 Å². The summed E-state index contributed by atoms with van der Waals surface area (Å²) in [6.45, 7) is 0. The van der Waals surface area contributed by atoms with Crippen LogP contribution >= 0.6 is 0 Å². The van der Waals surface area contributed by atoms with Crippen LogP contribution in [0.15, 0.2) is 54.3 Å². The molecule has 0 aliphatic carbocycles. The minimum absolute atomic E-state index is 0.863. The Morgan fingerprint density at radius 2 is 1.83 bits per heavy atom. The molecule has 3 rings (SSSR count). The summed E-state index contributed by atoms with van der Waals surface area (Å²) in [6.07, 6.45) is 2.93. The van der Waals surface area contributed by atoms with Crippen molar-refractivity contribution in [1.29, 1.82) is 0 Å². The standard InChI is InChI=1S/C16H14O2/c1-17-14-8-6-12(7-9-14)10-15-11-13-4-2-3-5-16(13)18-15/h2-10H,11H2,1H3/b15-10-. The number of allylic oxidation sites excluding steroid dienone is 1. The van der Waals surface area contributed by atoms with Crippen molar-refractivity contribution in [2.45, 2.75) is 6.42 Å². The normalized spacial score (nSPS) is 15.3. The topological polar surface area (TPSA) is 18.5 Å². The second-order valence-electron chi connectivity index (χ2n) is 4.27. The Kier molecular flexibility index (Phi) is 2.77. The number of fused-ring (bicyclic) bond motifs is 1. The first-order valence-corrected chi connectivity index (χ1v) is 5.95. The van der Waals surface area contributed by atoms with E-state index in [1.165, 1.54) is 5.56 Å². The maximum atomic E-state index is 5.80. The van der Waals surface area contributed by atoms with Crippen LogP contribution in [0.4, 0.5) is 0 Å². The minimum Gasteiger partial charge on any atom is -0.497 e. The SMILES string of the molecule is COc1ccc(/C=C2/Cc3ccccc3O2)cc1. The van der Waals surface area contributed by atoms with Crippen LogP contribution < -0.4 is 9.47 Å². The third kappa shape index (κ3) is 2.09. The number of rotatable bonds is 2.